The molecule has 0 bridgehead atoms. The van der Waals surface area contributed by atoms with E-state index in [1.165, 1.54) is 11.0 Å². The molecule has 0 unspecified atom stereocenters. The maximum absolute atomic E-state index is 12.8. The Morgan fingerprint density at radius 2 is 1.54 bits per heavy atom. The molecule has 35 heavy (non-hydrogen) atoms. The number of esters is 2. The Balaban J connectivity index is 1.66. The SMILES string of the molecule is CCOC(=O)CN(C(=O)/C=C/c1ccc(C(=O)Oc2ccc(C(=N)N)cc2)cc1)c1ccccc1. The molecule has 3 rings (SSSR count). The Kier molecular flexibility index (Phi) is 8.50. The minimum absolute atomic E-state index is 0.0715. The number of amides is 1. The van der Waals surface area contributed by atoms with E-state index in [1.807, 2.05) is 6.07 Å². The first-order valence-corrected chi connectivity index (χ1v) is 10.8. The van der Waals surface area contributed by atoms with Gasteiger partial charge in [-0.15, -0.1) is 0 Å². The Morgan fingerprint density at radius 1 is 0.914 bits per heavy atom. The van der Waals surface area contributed by atoms with Gasteiger partial charge in [0.25, 0.3) is 5.91 Å². The summed E-state index contributed by atoms with van der Waals surface area (Å²) in [5.41, 5.74) is 7.54. The zero-order valence-corrected chi connectivity index (χ0v) is 19.1. The number of rotatable bonds is 9. The highest BCUT2D eigenvalue weighted by molar-refractivity contribution is 6.06. The normalized spacial score (nSPS) is 10.5. The molecule has 8 heteroatoms. The highest BCUT2D eigenvalue weighted by atomic mass is 16.5. The number of anilines is 1. The van der Waals surface area contributed by atoms with Gasteiger partial charge in [0.1, 0.15) is 18.1 Å². The monoisotopic (exact) mass is 471 g/mol. The second-order valence-electron chi connectivity index (χ2n) is 7.35. The van der Waals surface area contributed by atoms with Gasteiger partial charge in [-0.2, -0.15) is 0 Å². The third-order valence-electron chi connectivity index (χ3n) is 4.87. The van der Waals surface area contributed by atoms with Crippen LogP contribution in [0.2, 0.25) is 0 Å². The van der Waals surface area contributed by atoms with Gasteiger partial charge < -0.3 is 15.2 Å². The summed E-state index contributed by atoms with van der Waals surface area (Å²) in [5.74, 6) is -1.18. The van der Waals surface area contributed by atoms with Crippen molar-refractivity contribution in [3.05, 3.63) is 102 Å². The number of hydrogen-bond acceptors (Lipinski definition) is 6. The third-order valence-corrected chi connectivity index (χ3v) is 4.87. The van der Waals surface area contributed by atoms with Crippen LogP contribution in [0.3, 0.4) is 0 Å². The molecular weight excluding hydrogens is 446 g/mol. The second kappa shape index (κ2) is 11.9. The van der Waals surface area contributed by atoms with Gasteiger partial charge in [-0.25, -0.2) is 4.79 Å². The molecule has 1 amide bonds. The van der Waals surface area contributed by atoms with E-state index in [0.29, 0.717) is 28.1 Å². The maximum Gasteiger partial charge on any atom is 0.343 e. The molecule has 178 valence electrons. The number of carbonyl (C=O) groups is 3. The average molecular weight is 472 g/mol. The lowest BCUT2D eigenvalue weighted by Crippen LogP contribution is -2.35. The van der Waals surface area contributed by atoms with Crippen molar-refractivity contribution in [2.75, 3.05) is 18.1 Å². The molecule has 0 aliphatic heterocycles. The molecule has 3 aromatic carbocycles. The number of ether oxygens (including phenoxy) is 2. The van der Waals surface area contributed by atoms with Gasteiger partial charge >= 0.3 is 11.9 Å². The van der Waals surface area contributed by atoms with E-state index in [0.717, 1.165) is 0 Å². The summed E-state index contributed by atoms with van der Waals surface area (Å²) < 4.78 is 10.3. The number of hydrogen-bond donors (Lipinski definition) is 2. The molecule has 8 nitrogen and oxygen atoms in total. The van der Waals surface area contributed by atoms with E-state index in [1.54, 1.807) is 85.8 Å². The molecular formula is C27H25N3O5. The number of nitrogens with one attached hydrogen (secondary N) is 1. The van der Waals surface area contributed by atoms with Crippen molar-refractivity contribution in [2.24, 2.45) is 5.73 Å². The van der Waals surface area contributed by atoms with E-state index in [-0.39, 0.29) is 24.9 Å². The maximum atomic E-state index is 12.8. The van der Waals surface area contributed by atoms with E-state index in [2.05, 4.69) is 0 Å². The van der Waals surface area contributed by atoms with Crippen molar-refractivity contribution in [1.29, 1.82) is 5.41 Å². The van der Waals surface area contributed by atoms with Crippen LogP contribution in [-0.4, -0.2) is 36.8 Å². The van der Waals surface area contributed by atoms with Crippen molar-refractivity contribution in [1.82, 2.24) is 0 Å². The van der Waals surface area contributed by atoms with Gasteiger partial charge in [0, 0.05) is 17.3 Å². The van der Waals surface area contributed by atoms with E-state index >= 15 is 0 Å². The van der Waals surface area contributed by atoms with Gasteiger partial charge in [-0.1, -0.05) is 30.3 Å². The summed E-state index contributed by atoms with van der Waals surface area (Å²) in [7, 11) is 0. The van der Waals surface area contributed by atoms with Crippen LogP contribution in [0.1, 0.15) is 28.4 Å². The largest absolute Gasteiger partial charge is 0.465 e. The first-order chi connectivity index (χ1) is 16.9. The van der Waals surface area contributed by atoms with Crippen LogP contribution in [-0.2, 0) is 14.3 Å². The highest BCUT2D eigenvalue weighted by Gasteiger charge is 2.18. The smallest absolute Gasteiger partial charge is 0.343 e. The number of nitrogens with two attached hydrogens (primary N) is 1. The predicted molar refractivity (Wildman–Crippen MR) is 133 cm³/mol. The van der Waals surface area contributed by atoms with Gasteiger partial charge in [0.05, 0.1) is 12.2 Å². The molecule has 0 fully saturated rings. The van der Waals surface area contributed by atoms with Crippen molar-refractivity contribution < 1.29 is 23.9 Å². The van der Waals surface area contributed by atoms with Crippen molar-refractivity contribution >= 4 is 35.4 Å². The minimum Gasteiger partial charge on any atom is -0.465 e. The number of para-hydroxylation sites is 1. The third kappa shape index (κ3) is 7.13. The zero-order valence-electron chi connectivity index (χ0n) is 19.1. The number of amidine groups is 1. The molecule has 0 heterocycles. The summed E-state index contributed by atoms with van der Waals surface area (Å²) >= 11 is 0. The summed E-state index contributed by atoms with van der Waals surface area (Å²) in [6.07, 6.45) is 2.95. The Bertz CT molecular complexity index is 1220. The first kappa shape index (κ1) is 24.9. The van der Waals surface area contributed by atoms with Crippen LogP contribution < -0.4 is 15.4 Å². The van der Waals surface area contributed by atoms with Crippen LogP contribution in [0.4, 0.5) is 5.69 Å². The van der Waals surface area contributed by atoms with Crippen molar-refractivity contribution in [2.45, 2.75) is 6.92 Å². The zero-order chi connectivity index (χ0) is 25.2. The minimum atomic E-state index is -0.545. The fraction of sp³-hybridized carbons (Fsp3) is 0.111. The Labute approximate surface area is 203 Å². The topological polar surface area (TPSA) is 123 Å². The fourth-order valence-corrected chi connectivity index (χ4v) is 3.10. The van der Waals surface area contributed by atoms with Crippen LogP contribution in [0.25, 0.3) is 6.08 Å². The standard InChI is InChI=1S/C27H25N3O5/c1-2-34-25(32)18-30(22-6-4-3-5-7-22)24(31)17-10-19-8-11-21(12-9-19)27(33)35-23-15-13-20(14-16-23)26(28)29/h3-17H,2,18H2,1H3,(H3,28,29)/b17-10+. The summed E-state index contributed by atoms with van der Waals surface area (Å²) in [6, 6.07) is 21.7. The molecule has 0 spiro atoms. The van der Waals surface area contributed by atoms with Crippen LogP contribution in [0, 0.1) is 5.41 Å². The molecule has 0 saturated heterocycles. The van der Waals surface area contributed by atoms with Crippen molar-refractivity contribution in [3.8, 4) is 5.75 Å². The lowest BCUT2D eigenvalue weighted by Gasteiger charge is -2.20. The molecule has 3 aromatic rings. The van der Waals surface area contributed by atoms with Crippen molar-refractivity contribution in [3.63, 3.8) is 0 Å². The predicted octanol–water partition coefficient (Wildman–Crippen LogP) is 3.80. The molecule has 0 saturated carbocycles. The van der Waals surface area contributed by atoms with Gasteiger partial charge in [0.15, 0.2) is 0 Å². The number of nitrogen functional groups attached to an aromatic ring is 1. The molecule has 0 aromatic heterocycles. The quantitative estimate of drug-likeness (QED) is 0.161. The molecule has 0 atom stereocenters. The Hall–Kier alpha value is -4.72. The summed E-state index contributed by atoms with van der Waals surface area (Å²) in [5, 5.41) is 7.40. The summed E-state index contributed by atoms with van der Waals surface area (Å²) in [6.45, 7) is 1.72. The van der Waals surface area contributed by atoms with Crippen LogP contribution in [0.5, 0.6) is 5.75 Å². The van der Waals surface area contributed by atoms with E-state index in [4.69, 9.17) is 20.6 Å². The average Bonchev–Trinajstić information content (AvgIpc) is 2.87. The van der Waals surface area contributed by atoms with Crippen LogP contribution >= 0.6 is 0 Å². The molecule has 0 aliphatic rings. The lowest BCUT2D eigenvalue weighted by molar-refractivity contribution is -0.142. The first-order valence-electron chi connectivity index (χ1n) is 10.8. The number of carbonyl (C=O) groups excluding carboxylic acids is 3. The molecule has 0 aliphatic carbocycles. The number of benzene rings is 3. The van der Waals surface area contributed by atoms with Gasteiger partial charge in [-0.3, -0.25) is 19.9 Å². The molecule has 0 radical (unpaired) electrons. The van der Waals surface area contributed by atoms with Gasteiger partial charge in [-0.05, 0) is 67.1 Å². The number of nitrogens with zero attached hydrogens (tertiary/aromatic N) is 1. The summed E-state index contributed by atoms with van der Waals surface area (Å²) in [4.78, 5) is 38.6. The van der Waals surface area contributed by atoms with E-state index < -0.39 is 11.9 Å². The lowest BCUT2D eigenvalue weighted by atomic mass is 10.1. The fourth-order valence-electron chi connectivity index (χ4n) is 3.10. The molecule has 3 N–H and O–H groups in total. The van der Waals surface area contributed by atoms with E-state index in [9.17, 15) is 14.4 Å². The van der Waals surface area contributed by atoms with Crippen LogP contribution in [0.15, 0.2) is 84.9 Å². The Morgan fingerprint density at radius 3 is 2.14 bits per heavy atom. The highest BCUT2D eigenvalue weighted by Crippen LogP contribution is 2.17. The second-order valence-corrected chi connectivity index (χ2v) is 7.35. The van der Waals surface area contributed by atoms with Gasteiger partial charge in [0.2, 0.25) is 0 Å².